The monoisotopic (exact) mass is 635 g/mol. The summed E-state index contributed by atoms with van der Waals surface area (Å²) in [5.74, 6) is 1.02. The van der Waals surface area contributed by atoms with Gasteiger partial charge in [-0.3, -0.25) is 14.2 Å². The maximum atomic E-state index is 14.2. The van der Waals surface area contributed by atoms with Gasteiger partial charge in [0.2, 0.25) is 0 Å². The lowest BCUT2D eigenvalue weighted by Gasteiger charge is -2.25. The second-order valence-corrected chi connectivity index (χ2v) is 11.8. The Morgan fingerprint density at radius 1 is 0.956 bits per heavy atom. The van der Waals surface area contributed by atoms with Crippen molar-refractivity contribution in [1.82, 2.24) is 4.57 Å². The lowest BCUT2D eigenvalue weighted by molar-refractivity contribution is -0.113. The molecule has 0 bridgehead atoms. The second-order valence-electron chi connectivity index (χ2n) is 10.4. The molecular weight excluding hydrogens is 606 g/mol. The Labute approximate surface area is 269 Å². The summed E-state index contributed by atoms with van der Waals surface area (Å²) < 4.78 is 13.9. The van der Waals surface area contributed by atoms with E-state index >= 15 is 0 Å². The number of hydrogen-bond donors (Lipinski definition) is 1. The number of anilines is 1. The van der Waals surface area contributed by atoms with Crippen LogP contribution >= 0.6 is 22.9 Å². The summed E-state index contributed by atoms with van der Waals surface area (Å²) in [6.45, 7) is 4.60. The van der Waals surface area contributed by atoms with Crippen LogP contribution in [0.25, 0.3) is 6.08 Å². The van der Waals surface area contributed by atoms with Crippen molar-refractivity contribution in [3.8, 4) is 11.5 Å². The average molecular weight is 636 g/mol. The highest BCUT2D eigenvalue weighted by Crippen LogP contribution is 2.32. The van der Waals surface area contributed by atoms with Crippen molar-refractivity contribution in [2.45, 2.75) is 26.5 Å². The van der Waals surface area contributed by atoms with Gasteiger partial charge in [0.05, 0.1) is 28.5 Å². The van der Waals surface area contributed by atoms with Crippen molar-refractivity contribution >= 4 is 40.6 Å². The van der Waals surface area contributed by atoms with Crippen LogP contribution in [-0.2, 0) is 11.4 Å². The summed E-state index contributed by atoms with van der Waals surface area (Å²) in [5.41, 5.74) is 3.84. The van der Waals surface area contributed by atoms with Gasteiger partial charge in [0, 0.05) is 16.3 Å². The van der Waals surface area contributed by atoms with Crippen LogP contribution in [0.1, 0.15) is 36.6 Å². The number of hydrogen-bond acceptors (Lipinski definition) is 6. The third kappa shape index (κ3) is 6.62. The Morgan fingerprint density at radius 2 is 1.67 bits per heavy atom. The number of para-hydroxylation sites is 2. The fraction of sp³-hybridized carbons (Fsp3) is 0.139. The quantitative estimate of drug-likeness (QED) is 0.200. The normalized spacial score (nSPS) is 14.5. The van der Waals surface area contributed by atoms with Crippen LogP contribution < -0.4 is 29.7 Å². The molecule has 1 aromatic heterocycles. The molecule has 0 saturated carbocycles. The van der Waals surface area contributed by atoms with Crippen molar-refractivity contribution in [2.24, 2.45) is 4.99 Å². The molecule has 0 radical (unpaired) electrons. The second kappa shape index (κ2) is 13.4. The number of rotatable bonds is 9. The van der Waals surface area contributed by atoms with Crippen LogP contribution in [0.4, 0.5) is 5.69 Å². The first-order valence-electron chi connectivity index (χ1n) is 14.5. The predicted octanol–water partition coefficient (Wildman–Crippen LogP) is 6.51. The van der Waals surface area contributed by atoms with Crippen LogP contribution in [0.15, 0.2) is 124 Å². The Balaban J connectivity index is 1.41. The van der Waals surface area contributed by atoms with Crippen LogP contribution in [0, 0.1) is 0 Å². The zero-order chi connectivity index (χ0) is 31.3. The van der Waals surface area contributed by atoms with E-state index in [9.17, 15) is 9.59 Å². The van der Waals surface area contributed by atoms with Crippen LogP contribution in [-0.4, -0.2) is 17.1 Å². The Kier molecular flexibility index (Phi) is 8.96. The Morgan fingerprint density at radius 3 is 2.40 bits per heavy atom. The number of fused-ring (bicyclic) bond motifs is 1. The standard InChI is InChI=1S/C36H30ClN3O4S/c1-3-43-29-19-15-25(16-20-29)33-32(34(41)39-28-10-5-4-6-11-28)23(2)38-36-40(33)35(42)31(45-36)21-26-9-7-8-12-30(26)44-22-24-13-17-27(37)18-14-24/h4-21,33H,3,22H2,1-2H3,(H,39,41)/b31-21+/t33-/m1/s1. The van der Waals surface area contributed by atoms with Gasteiger partial charge in [-0.2, -0.15) is 0 Å². The number of carbonyl (C=O) groups excluding carboxylic acids is 1. The first kappa shape index (κ1) is 30.1. The van der Waals surface area contributed by atoms with Crippen molar-refractivity contribution in [1.29, 1.82) is 0 Å². The maximum absolute atomic E-state index is 14.2. The molecular formula is C36H30ClN3O4S. The summed E-state index contributed by atoms with van der Waals surface area (Å²) >= 11 is 7.31. The summed E-state index contributed by atoms with van der Waals surface area (Å²) in [7, 11) is 0. The molecule has 7 nitrogen and oxygen atoms in total. The molecule has 5 aromatic rings. The minimum absolute atomic E-state index is 0.248. The molecule has 1 amide bonds. The van der Waals surface area contributed by atoms with E-state index in [1.54, 1.807) is 11.5 Å². The predicted molar refractivity (Wildman–Crippen MR) is 179 cm³/mol. The summed E-state index contributed by atoms with van der Waals surface area (Å²) in [4.78, 5) is 33.2. The first-order chi connectivity index (χ1) is 21.9. The smallest absolute Gasteiger partial charge is 0.271 e. The van der Waals surface area contributed by atoms with Crippen LogP contribution in [0.2, 0.25) is 5.02 Å². The lowest BCUT2D eigenvalue weighted by Crippen LogP contribution is -2.40. The molecule has 1 atom stereocenters. The summed E-state index contributed by atoms with van der Waals surface area (Å²) in [6, 6.07) is 31.1. The number of nitrogens with zero attached hydrogens (tertiary/aromatic N) is 2. The average Bonchev–Trinajstić information content (AvgIpc) is 3.35. The fourth-order valence-corrected chi connectivity index (χ4v) is 6.34. The van der Waals surface area contributed by atoms with E-state index in [1.807, 2.05) is 116 Å². The zero-order valence-electron chi connectivity index (χ0n) is 24.7. The highest BCUT2D eigenvalue weighted by atomic mass is 35.5. The lowest BCUT2D eigenvalue weighted by atomic mass is 9.95. The highest BCUT2D eigenvalue weighted by molar-refractivity contribution is 7.07. The van der Waals surface area contributed by atoms with Gasteiger partial charge < -0.3 is 14.8 Å². The molecule has 226 valence electrons. The summed E-state index contributed by atoms with van der Waals surface area (Å²) in [5, 5.41) is 3.64. The highest BCUT2D eigenvalue weighted by Gasteiger charge is 2.32. The Bertz CT molecular complexity index is 2050. The number of benzene rings is 4. The number of amides is 1. The summed E-state index contributed by atoms with van der Waals surface area (Å²) in [6.07, 6.45) is 1.82. The number of halogens is 1. The molecule has 0 fully saturated rings. The van der Waals surface area contributed by atoms with E-state index in [4.69, 9.17) is 26.1 Å². The van der Waals surface area contributed by atoms with Gasteiger partial charge in [-0.15, -0.1) is 0 Å². The molecule has 45 heavy (non-hydrogen) atoms. The number of aromatic nitrogens is 1. The molecule has 0 saturated heterocycles. The Hall–Kier alpha value is -4.92. The minimum Gasteiger partial charge on any atom is -0.494 e. The minimum atomic E-state index is -0.695. The molecule has 2 heterocycles. The third-order valence-corrected chi connectivity index (χ3v) is 8.55. The number of allylic oxidation sites excluding steroid dienone is 1. The van der Waals surface area contributed by atoms with Gasteiger partial charge in [-0.25, -0.2) is 4.99 Å². The van der Waals surface area contributed by atoms with Crippen molar-refractivity contribution in [2.75, 3.05) is 11.9 Å². The van der Waals surface area contributed by atoms with Gasteiger partial charge in [-0.1, -0.05) is 83.6 Å². The van der Waals surface area contributed by atoms with E-state index in [0.717, 1.165) is 16.7 Å². The van der Waals surface area contributed by atoms with Crippen LogP contribution in [0.5, 0.6) is 11.5 Å². The van der Waals surface area contributed by atoms with Gasteiger partial charge >= 0.3 is 0 Å². The van der Waals surface area contributed by atoms with Gasteiger partial charge in [0.25, 0.3) is 11.5 Å². The van der Waals surface area contributed by atoms with E-state index < -0.39 is 6.04 Å². The molecule has 0 unspecified atom stereocenters. The molecule has 1 N–H and O–H groups in total. The number of thiazole rings is 1. The van der Waals surface area contributed by atoms with Crippen molar-refractivity contribution < 1.29 is 14.3 Å². The fourth-order valence-electron chi connectivity index (χ4n) is 5.17. The number of carbonyl (C=O) groups is 1. The first-order valence-corrected chi connectivity index (χ1v) is 15.7. The molecule has 0 aliphatic carbocycles. The topological polar surface area (TPSA) is 81.9 Å². The van der Waals surface area contributed by atoms with Crippen LogP contribution in [0.3, 0.4) is 0 Å². The number of nitrogens with one attached hydrogen (secondary N) is 1. The van der Waals surface area contributed by atoms with Gasteiger partial charge in [0.1, 0.15) is 18.1 Å². The largest absolute Gasteiger partial charge is 0.494 e. The zero-order valence-corrected chi connectivity index (χ0v) is 26.3. The molecule has 9 heteroatoms. The molecule has 6 rings (SSSR count). The third-order valence-electron chi connectivity index (χ3n) is 7.32. The van der Waals surface area contributed by atoms with Crippen molar-refractivity contribution in [3.63, 3.8) is 0 Å². The van der Waals surface area contributed by atoms with Crippen molar-refractivity contribution in [3.05, 3.63) is 156 Å². The SMILES string of the molecule is CCOc1ccc([C@@H]2C(C(=O)Nc3ccccc3)=C(C)N=c3s/c(=C/c4ccccc4OCc4ccc(Cl)cc4)c(=O)n32)cc1. The molecule has 1 aliphatic heterocycles. The van der Waals surface area contributed by atoms with E-state index in [2.05, 4.69) is 5.32 Å². The molecule has 4 aromatic carbocycles. The van der Waals surface area contributed by atoms with E-state index in [0.29, 0.717) is 56.0 Å². The van der Waals surface area contributed by atoms with Gasteiger partial charge in [0.15, 0.2) is 4.80 Å². The molecule has 1 aliphatic rings. The number of ether oxygens (including phenoxy) is 2. The van der Waals surface area contributed by atoms with Gasteiger partial charge in [-0.05, 0) is 73.5 Å². The van der Waals surface area contributed by atoms with E-state index in [-0.39, 0.29) is 11.5 Å². The maximum Gasteiger partial charge on any atom is 0.271 e. The van der Waals surface area contributed by atoms with E-state index in [1.165, 1.54) is 11.3 Å². The molecule has 0 spiro atoms.